The van der Waals surface area contributed by atoms with Gasteiger partial charge in [0.25, 0.3) is 0 Å². The quantitative estimate of drug-likeness (QED) is 0.220. The number of ketones is 2. The standard InChI is InChI=1S/C25H19BrINO8/c1-35-17-6-9(5-15(27)22(17)31)18-10-3-4-11-19(24(33)28(23(11)32)25(34)36-2)12(10)7-13-20(18)16(29)8-14(26)21(13)30/h3,5-6,8,11-12,18-19,31H,4,7H2,1-2H3. The number of imide groups is 3. The third-order valence-corrected chi connectivity index (χ3v) is 8.70. The second-order valence-corrected chi connectivity index (χ2v) is 10.9. The molecule has 0 spiro atoms. The molecule has 9 nitrogen and oxygen atoms in total. The third-order valence-electron chi connectivity index (χ3n) is 7.29. The van der Waals surface area contributed by atoms with Crippen molar-refractivity contribution in [2.45, 2.75) is 18.8 Å². The summed E-state index contributed by atoms with van der Waals surface area (Å²) < 4.78 is 10.6. The summed E-state index contributed by atoms with van der Waals surface area (Å²) in [6, 6.07) is 3.31. The molecule has 3 amide bonds. The van der Waals surface area contributed by atoms with Gasteiger partial charge < -0.3 is 14.6 Å². The third kappa shape index (κ3) is 3.50. The molecule has 1 saturated heterocycles. The van der Waals surface area contributed by atoms with Crippen LogP contribution in [0.4, 0.5) is 4.79 Å². The van der Waals surface area contributed by atoms with Gasteiger partial charge in [-0.1, -0.05) is 11.6 Å². The predicted octanol–water partition coefficient (Wildman–Crippen LogP) is 3.53. The highest BCUT2D eigenvalue weighted by Crippen LogP contribution is 2.56. The number of Topliss-reactive ketones (excluding diaryl/α,β-unsaturated/α-hetero) is 1. The molecule has 4 atom stereocenters. The summed E-state index contributed by atoms with van der Waals surface area (Å²) in [5.41, 5.74) is 1.89. The number of fused-ring (bicyclic) bond motifs is 3. The number of amides is 3. The van der Waals surface area contributed by atoms with E-state index >= 15 is 0 Å². The van der Waals surface area contributed by atoms with Gasteiger partial charge in [-0.3, -0.25) is 19.2 Å². The average Bonchev–Trinajstić information content (AvgIpc) is 3.12. The molecule has 36 heavy (non-hydrogen) atoms. The zero-order chi connectivity index (χ0) is 26.0. The SMILES string of the molecule is COC(=O)N1C(=O)C2CC=C3C(c4cc(I)c(O)c(OC)c4)C4=C(CC3C2C1=O)C(=O)C(Br)=CC4=O. The molecule has 0 bridgehead atoms. The van der Waals surface area contributed by atoms with Crippen LogP contribution in [0.5, 0.6) is 11.5 Å². The van der Waals surface area contributed by atoms with Gasteiger partial charge >= 0.3 is 6.09 Å². The lowest BCUT2D eigenvalue weighted by Crippen LogP contribution is -2.40. The molecular weight excluding hydrogens is 649 g/mol. The summed E-state index contributed by atoms with van der Waals surface area (Å²) >= 11 is 5.13. The van der Waals surface area contributed by atoms with Crippen molar-refractivity contribution >= 4 is 68.0 Å². The number of hydrogen-bond acceptors (Lipinski definition) is 8. The fourth-order valence-electron chi connectivity index (χ4n) is 5.77. The normalized spacial score (nSPS) is 27.3. The Bertz CT molecular complexity index is 1380. The largest absolute Gasteiger partial charge is 0.504 e. The lowest BCUT2D eigenvalue weighted by Gasteiger charge is -2.42. The van der Waals surface area contributed by atoms with Crippen molar-refractivity contribution in [2.24, 2.45) is 17.8 Å². The van der Waals surface area contributed by atoms with Crippen LogP contribution in [0.3, 0.4) is 0 Å². The van der Waals surface area contributed by atoms with Crippen LogP contribution in [-0.4, -0.2) is 53.7 Å². The Hall–Kier alpha value is -2.80. The molecule has 186 valence electrons. The van der Waals surface area contributed by atoms with E-state index in [9.17, 15) is 29.1 Å². The Kier molecular flexibility index (Phi) is 6.18. The van der Waals surface area contributed by atoms with Crippen molar-refractivity contribution in [3.63, 3.8) is 0 Å². The smallest absolute Gasteiger partial charge is 0.423 e. The molecular formula is C25H19BrINO8. The maximum atomic E-state index is 13.4. The minimum absolute atomic E-state index is 0.0555. The van der Waals surface area contributed by atoms with Crippen LogP contribution in [-0.2, 0) is 23.9 Å². The van der Waals surface area contributed by atoms with Gasteiger partial charge in [0.15, 0.2) is 23.1 Å². The summed E-state index contributed by atoms with van der Waals surface area (Å²) in [6.07, 6.45) is 2.31. The van der Waals surface area contributed by atoms with Gasteiger partial charge in [-0.05, 0) is 75.0 Å². The van der Waals surface area contributed by atoms with Gasteiger partial charge in [0.2, 0.25) is 11.8 Å². The second kappa shape index (κ2) is 8.94. The van der Waals surface area contributed by atoms with Gasteiger partial charge in [-0.25, -0.2) is 4.79 Å². The number of carbonyl (C=O) groups is 5. The van der Waals surface area contributed by atoms with E-state index < -0.39 is 41.6 Å². The highest BCUT2D eigenvalue weighted by atomic mass is 127. The number of carbonyl (C=O) groups excluding carboxylic acids is 5. The number of aromatic hydroxyl groups is 1. The van der Waals surface area contributed by atoms with Gasteiger partial charge in [0.1, 0.15) is 0 Å². The highest BCUT2D eigenvalue weighted by molar-refractivity contribution is 14.1. The average molecular weight is 668 g/mol. The zero-order valence-corrected chi connectivity index (χ0v) is 22.8. The summed E-state index contributed by atoms with van der Waals surface area (Å²) in [5, 5.41) is 10.4. The number of ether oxygens (including phenoxy) is 2. The van der Waals surface area contributed by atoms with Crippen molar-refractivity contribution in [1.29, 1.82) is 0 Å². The molecule has 5 rings (SSSR count). The molecule has 1 fully saturated rings. The fraction of sp³-hybridized carbons (Fsp3) is 0.320. The summed E-state index contributed by atoms with van der Waals surface area (Å²) in [7, 11) is 2.51. The number of likely N-dealkylation sites (tertiary alicyclic amines) is 1. The molecule has 1 N–H and O–H groups in total. The molecule has 1 heterocycles. The van der Waals surface area contributed by atoms with E-state index in [1.54, 1.807) is 12.1 Å². The van der Waals surface area contributed by atoms with Crippen molar-refractivity contribution < 1.29 is 38.6 Å². The summed E-state index contributed by atoms with van der Waals surface area (Å²) in [6.45, 7) is 0. The molecule has 1 aliphatic heterocycles. The van der Waals surface area contributed by atoms with E-state index in [-0.39, 0.29) is 46.0 Å². The van der Waals surface area contributed by atoms with E-state index in [1.165, 1.54) is 13.2 Å². The minimum atomic E-state index is -1.04. The number of methoxy groups -OCH3 is 2. The number of allylic oxidation sites excluding steroid dienone is 6. The Morgan fingerprint density at radius 2 is 1.86 bits per heavy atom. The van der Waals surface area contributed by atoms with Crippen LogP contribution < -0.4 is 4.74 Å². The van der Waals surface area contributed by atoms with Crippen molar-refractivity contribution in [1.82, 2.24) is 4.90 Å². The molecule has 3 aliphatic carbocycles. The molecule has 0 radical (unpaired) electrons. The van der Waals surface area contributed by atoms with Crippen LogP contribution in [0.2, 0.25) is 0 Å². The highest BCUT2D eigenvalue weighted by Gasteiger charge is 2.58. The molecule has 11 heteroatoms. The number of phenolic OH excluding ortho intramolecular Hbond substituents is 1. The van der Waals surface area contributed by atoms with Crippen LogP contribution in [0, 0.1) is 21.3 Å². The lowest BCUT2D eigenvalue weighted by molar-refractivity contribution is -0.137. The first-order chi connectivity index (χ1) is 17.1. The number of benzene rings is 1. The molecule has 0 saturated carbocycles. The molecule has 1 aromatic carbocycles. The zero-order valence-electron chi connectivity index (χ0n) is 19.0. The monoisotopic (exact) mass is 667 g/mol. The van der Waals surface area contributed by atoms with Gasteiger partial charge in [-0.15, -0.1) is 0 Å². The second-order valence-electron chi connectivity index (χ2n) is 8.93. The van der Waals surface area contributed by atoms with Crippen LogP contribution in [0.15, 0.2) is 45.5 Å². The summed E-state index contributed by atoms with van der Waals surface area (Å²) in [5.74, 6) is -4.79. The Morgan fingerprint density at radius 3 is 2.53 bits per heavy atom. The van der Waals surface area contributed by atoms with E-state index in [2.05, 4.69) is 20.7 Å². The van der Waals surface area contributed by atoms with Gasteiger partial charge in [0.05, 0.1) is 34.1 Å². The Labute approximate surface area is 227 Å². The summed E-state index contributed by atoms with van der Waals surface area (Å²) in [4.78, 5) is 65.6. The first-order valence-electron chi connectivity index (χ1n) is 11.0. The topological polar surface area (TPSA) is 127 Å². The van der Waals surface area contributed by atoms with Crippen LogP contribution in [0.1, 0.15) is 24.3 Å². The van der Waals surface area contributed by atoms with Crippen LogP contribution in [0.25, 0.3) is 0 Å². The molecule has 4 unspecified atom stereocenters. The lowest BCUT2D eigenvalue weighted by atomic mass is 9.59. The number of rotatable bonds is 2. The number of nitrogens with zero attached hydrogens (tertiary/aromatic N) is 1. The van der Waals surface area contributed by atoms with E-state index in [4.69, 9.17) is 4.74 Å². The first kappa shape index (κ1) is 24.9. The van der Waals surface area contributed by atoms with E-state index in [1.807, 2.05) is 28.7 Å². The minimum Gasteiger partial charge on any atom is -0.504 e. The Balaban J connectivity index is 1.71. The van der Waals surface area contributed by atoms with Crippen molar-refractivity contribution in [3.05, 3.63) is 54.6 Å². The Morgan fingerprint density at radius 1 is 1.14 bits per heavy atom. The van der Waals surface area contributed by atoms with E-state index in [0.717, 1.165) is 12.7 Å². The predicted molar refractivity (Wildman–Crippen MR) is 136 cm³/mol. The molecule has 0 aromatic heterocycles. The first-order valence-corrected chi connectivity index (χ1v) is 12.9. The molecule has 1 aromatic rings. The van der Waals surface area contributed by atoms with Crippen molar-refractivity contribution in [3.8, 4) is 11.5 Å². The molecule has 4 aliphatic rings. The number of hydrogen-bond donors (Lipinski definition) is 1. The van der Waals surface area contributed by atoms with Crippen LogP contribution >= 0.6 is 38.5 Å². The fourth-order valence-corrected chi connectivity index (χ4v) is 6.85. The number of phenols is 1. The maximum absolute atomic E-state index is 13.4. The van der Waals surface area contributed by atoms with Gasteiger partial charge in [0, 0.05) is 23.1 Å². The van der Waals surface area contributed by atoms with Crippen molar-refractivity contribution in [2.75, 3.05) is 14.2 Å². The van der Waals surface area contributed by atoms with Gasteiger partial charge in [-0.2, -0.15) is 4.90 Å². The maximum Gasteiger partial charge on any atom is 0.423 e. The van der Waals surface area contributed by atoms with E-state index in [0.29, 0.717) is 19.6 Å². The number of halogens is 2.